The second kappa shape index (κ2) is 10.1. The van der Waals surface area contributed by atoms with Gasteiger partial charge in [0.25, 0.3) is 5.91 Å². The molecule has 2 amide bonds. The highest BCUT2D eigenvalue weighted by Crippen LogP contribution is 2.30. The zero-order valence-corrected chi connectivity index (χ0v) is 19.1. The van der Waals surface area contributed by atoms with Crippen molar-refractivity contribution in [3.8, 4) is 5.75 Å². The number of nitrogens with one attached hydrogen (secondary N) is 1. The lowest BCUT2D eigenvalue weighted by molar-refractivity contribution is -0.131. The minimum absolute atomic E-state index is 0.214. The van der Waals surface area contributed by atoms with Crippen molar-refractivity contribution in [1.82, 2.24) is 4.90 Å². The fraction of sp³-hybridized carbons (Fsp3) is 0.417. The molecule has 1 fully saturated rings. The van der Waals surface area contributed by atoms with Gasteiger partial charge in [-0.1, -0.05) is 36.7 Å². The molecule has 2 aromatic carbocycles. The summed E-state index contributed by atoms with van der Waals surface area (Å²) in [6.45, 7) is 8.33. The van der Waals surface area contributed by atoms with Crippen LogP contribution in [0.4, 0.5) is 11.4 Å². The van der Waals surface area contributed by atoms with E-state index in [1.807, 2.05) is 54.3 Å². The van der Waals surface area contributed by atoms with E-state index in [1.165, 1.54) is 0 Å². The van der Waals surface area contributed by atoms with Crippen LogP contribution in [0.25, 0.3) is 0 Å². The fourth-order valence-electron chi connectivity index (χ4n) is 3.52. The van der Waals surface area contributed by atoms with Crippen molar-refractivity contribution in [2.24, 2.45) is 0 Å². The van der Waals surface area contributed by atoms with Crippen molar-refractivity contribution in [1.29, 1.82) is 0 Å². The number of hydrogen-bond donors (Lipinski definition) is 1. The van der Waals surface area contributed by atoms with Crippen LogP contribution in [0.2, 0.25) is 5.02 Å². The first-order chi connectivity index (χ1) is 14.8. The molecular weight excluding hydrogens is 414 g/mol. The number of anilines is 2. The van der Waals surface area contributed by atoms with Gasteiger partial charge in [-0.05, 0) is 50.6 Å². The van der Waals surface area contributed by atoms with E-state index in [1.54, 1.807) is 19.9 Å². The number of hydrogen-bond acceptors (Lipinski definition) is 4. The third-order valence-corrected chi connectivity index (χ3v) is 5.61. The first kappa shape index (κ1) is 22.9. The van der Waals surface area contributed by atoms with Crippen LogP contribution in [-0.4, -0.2) is 48.5 Å². The molecule has 2 aromatic rings. The molecule has 1 saturated heterocycles. The van der Waals surface area contributed by atoms with Gasteiger partial charge in [-0.25, -0.2) is 0 Å². The summed E-state index contributed by atoms with van der Waals surface area (Å²) >= 11 is 6.53. The maximum absolute atomic E-state index is 12.8. The van der Waals surface area contributed by atoms with E-state index in [4.69, 9.17) is 16.3 Å². The van der Waals surface area contributed by atoms with Crippen LogP contribution >= 0.6 is 11.6 Å². The maximum Gasteiger partial charge on any atom is 0.267 e. The quantitative estimate of drug-likeness (QED) is 0.680. The standard InChI is InChI=1S/C24H30ClN3O3/c1-4-8-22(29)28-15-13-27(14-16-28)21-12-11-18(17-20(21)25)26-23(30)24(2,3)31-19-9-6-5-7-10-19/h5-7,9-12,17H,4,8,13-16H2,1-3H3,(H,26,30). The number of piperazine rings is 1. The van der Waals surface area contributed by atoms with Gasteiger partial charge < -0.3 is 19.9 Å². The molecule has 0 aliphatic carbocycles. The van der Waals surface area contributed by atoms with Gasteiger partial charge in [0.15, 0.2) is 5.60 Å². The lowest BCUT2D eigenvalue weighted by Crippen LogP contribution is -2.48. The van der Waals surface area contributed by atoms with Crippen LogP contribution in [0, 0.1) is 0 Å². The van der Waals surface area contributed by atoms with Gasteiger partial charge in [0, 0.05) is 38.3 Å². The number of halogens is 1. The largest absolute Gasteiger partial charge is 0.478 e. The Morgan fingerprint density at radius 3 is 2.35 bits per heavy atom. The zero-order valence-electron chi connectivity index (χ0n) is 18.4. The SMILES string of the molecule is CCCC(=O)N1CCN(c2ccc(NC(=O)C(C)(C)Oc3ccccc3)cc2Cl)CC1. The van der Waals surface area contributed by atoms with Gasteiger partial charge in [-0.15, -0.1) is 0 Å². The molecule has 1 N–H and O–H groups in total. The first-order valence-corrected chi connectivity index (χ1v) is 11.1. The summed E-state index contributed by atoms with van der Waals surface area (Å²) in [4.78, 5) is 28.9. The topological polar surface area (TPSA) is 61.9 Å². The summed E-state index contributed by atoms with van der Waals surface area (Å²) in [5.74, 6) is 0.586. The van der Waals surface area contributed by atoms with E-state index in [0.717, 1.165) is 25.2 Å². The van der Waals surface area contributed by atoms with Crippen LogP contribution in [0.15, 0.2) is 48.5 Å². The molecule has 0 unspecified atom stereocenters. The van der Waals surface area contributed by atoms with Crippen molar-refractivity contribution < 1.29 is 14.3 Å². The maximum atomic E-state index is 12.8. The second-order valence-electron chi connectivity index (χ2n) is 8.16. The number of nitrogens with zero attached hydrogens (tertiary/aromatic N) is 2. The van der Waals surface area contributed by atoms with Gasteiger partial charge >= 0.3 is 0 Å². The average Bonchev–Trinajstić information content (AvgIpc) is 2.74. The predicted octanol–water partition coefficient (Wildman–Crippen LogP) is 4.58. The highest BCUT2D eigenvalue weighted by atomic mass is 35.5. The van der Waals surface area contributed by atoms with Crippen LogP contribution < -0.4 is 15.0 Å². The number of carbonyl (C=O) groups is 2. The highest BCUT2D eigenvalue weighted by molar-refractivity contribution is 6.33. The molecule has 0 bridgehead atoms. The van der Waals surface area contributed by atoms with E-state index in [2.05, 4.69) is 10.2 Å². The lowest BCUT2D eigenvalue weighted by atomic mass is 10.1. The van der Waals surface area contributed by atoms with Crippen LogP contribution in [0.5, 0.6) is 5.75 Å². The van der Waals surface area contributed by atoms with Crippen LogP contribution in [0.3, 0.4) is 0 Å². The summed E-state index contributed by atoms with van der Waals surface area (Å²) < 4.78 is 5.85. The average molecular weight is 444 g/mol. The van der Waals surface area contributed by atoms with E-state index < -0.39 is 5.60 Å². The third-order valence-electron chi connectivity index (χ3n) is 5.31. The number of amides is 2. The Hall–Kier alpha value is -2.73. The molecule has 0 aromatic heterocycles. The lowest BCUT2D eigenvalue weighted by Gasteiger charge is -2.36. The monoisotopic (exact) mass is 443 g/mol. The third kappa shape index (κ3) is 5.91. The first-order valence-electron chi connectivity index (χ1n) is 10.7. The Morgan fingerprint density at radius 2 is 1.74 bits per heavy atom. The molecule has 7 heteroatoms. The van der Waals surface area contributed by atoms with Crippen molar-refractivity contribution >= 4 is 34.8 Å². The molecule has 0 radical (unpaired) electrons. The Morgan fingerprint density at radius 1 is 1.06 bits per heavy atom. The van der Waals surface area contributed by atoms with Crippen LogP contribution in [0.1, 0.15) is 33.6 Å². The van der Waals surface area contributed by atoms with E-state index in [-0.39, 0.29) is 11.8 Å². The molecule has 1 aliphatic heterocycles. The van der Waals surface area contributed by atoms with Gasteiger partial charge in [0.2, 0.25) is 5.91 Å². The molecule has 31 heavy (non-hydrogen) atoms. The van der Waals surface area contributed by atoms with E-state index in [0.29, 0.717) is 36.0 Å². The number of benzene rings is 2. The van der Waals surface area contributed by atoms with E-state index >= 15 is 0 Å². The number of rotatable bonds is 7. The minimum atomic E-state index is -1.05. The molecule has 0 atom stereocenters. The summed E-state index contributed by atoms with van der Waals surface area (Å²) in [6, 6.07) is 14.8. The molecule has 0 spiro atoms. The molecule has 166 valence electrons. The number of para-hydroxylation sites is 1. The minimum Gasteiger partial charge on any atom is -0.478 e. The summed E-state index contributed by atoms with van der Waals surface area (Å²) in [5.41, 5.74) is 0.468. The Labute approximate surface area is 189 Å². The molecular formula is C24H30ClN3O3. The van der Waals surface area contributed by atoms with Crippen LogP contribution in [-0.2, 0) is 9.59 Å². The van der Waals surface area contributed by atoms with E-state index in [9.17, 15) is 9.59 Å². The fourth-order valence-corrected chi connectivity index (χ4v) is 3.82. The Kier molecular flexibility index (Phi) is 7.44. The molecule has 1 aliphatic rings. The van der Waals surface area contributed by atoms with Crippen molar-refractivity contribution in [2.45, 2.75) is 39.2 Å². The predicted molar refractivity (Wildman–Crippen MR) is 125 cm³/mol. The molecule has 3 rings (SSSR count). The van der Waals surface area contributed by atoms with Gasteiger partial charge in [0.1, 0.15) is 5.75 Å². The van der Waals surface area contributed by atoms with Gasteiger partial charge in [-0.2, -0.15) is 0 Å². The van der Waals surface area contributed by atoms with Crippen molar-refractivity contribution in [3.05, 3.63) is 53.6 Å². The second-order valence-corrected chi connectivity index (χ2v) is 8.57. The normalized spacial score (nSPS) is 14.3. The van der Waals surface area contributed by atoms with Crippen molar-refractivity contribution in [3.63, 3.8) is 0 Å². The Balaban J connectivity index is 1.60. The Bertz CT molecular complexity index is 910. The molecule has 1 heterocycles. The molecule has 6 nitrogen and oxygen atoms in total. The number of carbonyl (C=O) groups excluding carboxylic acids is 2. The van der Waals surface area contributed by atoms with Gasteiger partial charge in [-0.3, -0.25) is 9.59 Å². The summed E-state index contributed by atoms with van der Waals surface area (Å²) in [7, 11) is 0. The highest BCUT2D eigenvalue weighted by Gasteiger charge is 2.30. The van der Waals surface area contributed by atoms with Crippen molar-refractivity contribution in [2.75, 3.05) is 36.4 Å². The molecule has 0 saturated carbocycles. The summed E-state index contributed by atoms with van der Waals surface area (Å²) in [6.07, 6.45) is 1.46. The summed E-state index contributed by atoms with van der Waals surface area (Å²) in [5, 5.41) is 3.45. The number of ether oxygens (including phenoxy) is 1. The smallest absolute Gasteiger partial charge is 0.267 e. The van der Waals surface area contributed by atoms with Gasteiger partial charge in [0.05, 0.1) is 10.7 Å². The zero-order chi connectivity index (χ0) is 22.4.